The summed E-state index contributed by atoms with van der Waals surface area (Å²) in [5.41, 5.74) is 21.5. The molecule has 0 N–H and O–H groups in total. The van der Waals surface area contributed by atoms with Gasteiger partial charge in [0.2, 0.25) is 0 Å². The van der Waals surface area contributed by atoms with Crippen molar-refractivity contribution in [3.63, 3.8) is 0 Å². The van der Waals surface area contributed by atoms with E-state index in [1.165, 1.54) is 11.0 Å². The van der Waals surface area contributed by atoms with Crippen molar-refractivity contribution in [1.29, 1.82) is 5.26 Å². The third kappa shape index (κ3) is 5.86. The van der Waals surface area contributed by atoms with Crippen LogP contribution in [0.15, 0.2) is 209 Å². The first-order valence-electron chi connectivity index (χ1n) is 25.1. The van der Waals surface area contributed by atoms with Gasteiger partial charge in [0, 0.05) is 71.8 Å². The molecule has 3 aromatic heterocycles. The molecule has 0 saturated heterocycles. The standard InChI is InChI=1S/C66H45BN4O2/c1-39-33-55-61-56(34-39)71(52-32-28-42(66(2,3)4)36-48(52)41-17-7-5-8-18-41)54-37-44(69-51-24-14-11-21-45(51)49-35-40(38-68)27-31-53(49)69)29-30-50(54)67(61)62-63(70(55)43-19-9-6-10-20-43)65-60(47-23-13-16-26-58(47)73-65)59-46-22-12-15-25-57(46)72-64(59)62/h5-37H,1-4H3. The maximum atomic E-state index is 10.1. The van der Waals surface area contributed by atoms with Crippen molar-refractivity contribution in [3.8, 4) is 22.9 Å². The van der Waals surface area contributed by atoms with Crippen LogP contribution < -0.4 is 26.2 Å². The van der Waals surface area contributed by atoms with Crippen LogP contribution in [-0.2, 0) is 5.41 Å². The maximum absolute atomic E-state index is 10.1. The van der Waals surface area contributed by atoms with Crippen LogP contribution in [0.4, 0.5) is 34.1 Å². The van der Waals surface area contributed by atoms with Crippen molar-refractivity contribution in [2.75, 3.05) is 9.80 Å². The molecule has 2 aliphatic rings. The fourth-order valence-electron chi connectivity index (χ4n) is 12.4. The second-order valence-corrected chi connectivity index (χ2v) is 20.8. The summed E-state index contributed by atoms with van der Waals surface area (Å²) in [5, 5.41) is 16.5. The predicted molar refractivity (Wildman–Crippen MR) is 303 cm³/mol. The predicted octanol–water partition coefficient (Wildman–Crippen LogP) is 15.8. The van der Waals surface area contributed by atoms with Gasteiger partial charge >= 0.3 is 0 Å². The number of hydrogen-bond acceptors (Lipinski definition) is 5. The van der Waals surface area contributed by atoms with E-state index >= 15 is 0 Å². The highest BCUT2D eigenvalue weighted by molar-refractivity contribution is 7.02. The molecule has 0 fully saturated rings. The van der Waals surface area contributed by atoms with E-state index in [2.05, 4.69) is 236 Å². The van der Waals surface area contributed by atoms with E-state index in [0.717, 1.165) is 133 Å². The van der Waals surface area contributed by atoms with Crippen LogP contribution in [0.3, 0.4) is 0 Å². The zero-order chi connectivity index (χ0) is 48.9. The third-order valence-corrected chi connectivity index (χ3v) is 15.5. The number of benzene rings is 10. The molecular formula is C66H45BN4O2. The number of nitrogens with zero attached hydrogens (tertiary/aromatic N) is 4. The first kappa shape index (κ1) is 41.5. The number of hydrogen-bond donors (Lipinski definition) is 0. The van der Waals surface area contributed by atoms with E-state index < -0.39 is 0 Å². The highest BCUT2D eigenvalue weighted by Gasteiger charge is 2.47. The van der Waals surface area contributed by atoms with Crippen molar-refractivity contribution in [2.45, 2.75) is 33.1 Å². The highest BCUT2D eigenvalue weighted by Crippen LogP contribution is 2.52. The number of aryl methyl sites for hydroxylation is 1. The van der Waals surface area contributed by atoms with E-state index in [1.807, 2.05) is 12.1 Å². The molecule has 0 atom stereocenters. The summed E-state index contributed by atoms with van der Waals surface area (Å²) in [6.45, 7) is 8.81. The van der Waals surface area contributed by atoms with Gasteiger partial charge in [0.1, 0.15) is 16.7 Å². The third-order valence-electron chi connectivity index (χ3n) is 15.5. The molecule has 0 radical (unpaired) electrons. The van der Waals surface area contributed by atoms with E-state index in [4.69, 9.17) is 8.83 Å². The van der Waals surface area contributed by atoms with Crippen LogP contribution in [0.5, 0.6) is 0 Å². The van der Waals surface area contributed by atoms with Gasteiger partial charge in [-0.15, -0.1) is 0 Å². The minimum Gasteiger partial charge on any atom is -0.456 e. The van der Waals surface area contributed by atoms with Crippen LogP contribution in [0.25, 0.3) is 82.5 Å². The van der Waals surface area contributed by atoms with Gasteiger partial charge in [-0.3, -0.25) is 0 Å². The SMILES string of the molecule is Cc1cc2c3c(c1)N(c1ccccc1)c1c(c4oc5ccccc5c4c4c1oc1ccccc14)B3c1ccc(-n3c4ccccc4c4cc(C#N)ccc43)cc1N2c1ccc(C(C)(C)C)cc1-c1ccccc1. The van der Waals surface area contributed by atoms with E-state index in [1.54, 1.807) is 0 Å². The summed E-state index contributed by atoms with van der Waals surface area (Å²) in [6.07, 6.45) is 0. The van der Waals surface area contributed by atoms with Gasteiger partial charge in [0.15, 0.2) is 5.58 Å². The molecule has 73 heavy (non-hydrogen) atoms. The Hall–Kier alpha value is -9.25. The quantitative estimate of drug-likeness (QED) is 0.165. The lowest BCUT2D eigenvalue weighted by atomic mass is 9.33. The van der Waals surface area contributed by atoms with Crippen LogP contribution in [-0.4, -0.2) is 11.3 Å². The van der Waals surface area contributed by atoms with Crippen molar-refractivity contribution in [3.05, 3.63) is 217 Å². The van der Waals surface area contributed by atoms with E-state index in [-0.39, 0.29) is 12.1 Å². The smallest absolute Gasteiger partial charge is 0.257 e. The van der Waals surface area contributed by atoms with Crippen molar-refractivity contribution < 1.29 is 8.83 Å². The summed E-state index contributed by atoms with van der Waals surface area (Å²) in [6, 6.07) is 74.4. The summed E-state index contributed by atoms with van der Waals surface area (Å²) in [5.74, 6) is 0. The largest absolute Gasteiger partial charge is 0.456 e. The Bertz CT molecular complexity index is 4530. The number of fused-ring (bicyclic) bond motifs is 16. The fourth-order valence-corrected chi connectivity index (χ4v) is 12.4. The minimum absolute atomic E-state index is 0.0928. The lowest BCUT2D eigenvalue weighted by molar-refractivity contribution is 0.590. The molecular weight excluding hydrogens is 892 g/mol. The second kappa shape index (κ2) is 15.1. The molecule has 2 aliphatic heterocycles. The highest BCUT2D eigenvalue weighted by atomic mass is 16.3. The molecule has 7 heteroatoms. The van der Waals surface area contributed by atoms with E-state index in [9.17, 15) is 5.26 Å². The number of para-hydroxylation sites is 4. The van der Waals surface area contributed by atoms with Crippen LogP contribution >= 0.6 is 0 Å². The molecule has 6 nitrogen and oxygen atoms in total. The zero-order valence-electron chi connectivity index (χ0n) is 40.7. The molecule has 0 spiro atoms. The van der Waals surface area contributed by atoms with Gasteiger partial charge in [0.05, 0.1) is 34.0 Å². The topological polar surface area (TPSA) is 61.5 Å². The lowest BCUT2D eigenvalue weighted by Gasteiger charge is -2.44. The Morgan fingerprint density at radius 2 is 1.12 bits per heavy atom. The second-order valence-electron chi connectivity index (χ2n) is 20.8. The molecule has 0 aliphatic carbocycles. The van der Waals surface area contributed by atoms with E-state index in [0.29, 0.717) is 5.56 Å². The van der Waals surface area contributed by atoms with Crippen molar-refractivity contribution in [2.24, 2.45) is 0 Å². The molecule has 0 bridgehead atoms. The first-order chi connectivity index (χ1) is 35.7. The Morgan fingerprint density at radius 1 is 0.493 bits per heavy atom. The Kier molecular flexibility index (Phi) is 8.61. The van der Waals surface area contributed by atoms with Gasteiger partial charge in [-0.05, 0) is 125 Å². The molecule has 0 saturated carbocycles. The van der Waals surface area contributed by atoms with Gasteiger partial charge in [-0.25, -0.2) is 0 Å². The molecule has 5 heterocycles. The summed E-state index contributed by atoms with van der Waals surface area (Å²) in [4.78, 5) is 4.99. The van der Waals surface area contributed by atoms with Crippen LogP contribution in [0, 0.1) is 18.3 Å². The molecule has 10 aromatic carbocycles. The maximum Gasteiger partial charge on any atom is 0.257 e. The average molecular weight is 937 g/mol. The minimum atomic E-state index is -0.285. The molecule has 15 rings (SSSR count). The lowest BCUT2D eigenvalue weighted by Crippen LogP contribution is -2.61. The molecule has 0 unspecified atom stereocenters. The van der Waals surface area contributed by atoms with Crippen molar-refractivity contribution in [1.82, 2.24) is 4.57 Å². The molecule has 13 aromatic rings. The van der Waals surface area contributed by atoms with Crippen LogP contribution in [0.2, 0.25) is 0 Å². The Morgan fingerprint density at radius 3 is 1.85 bits per heavy atom. The number of aromatic nitrogens is 1. The normalized spacial score (nSPS) is 13.1. The number of furan rings is 2. The molecule has 344 valence electrons. The van der Waals surface area contributed by atoms with Crippen LogP contribution in [0.1, 0.15) is 37.5 Å². The molecule has 0 amide bonds. The van der Waals surface area contributed by atoms with Crippen molar-refractivity contribution >= 4 is 123 Å². The van der Waals surface area contributed by atoms with Gasteiger partial charge in [0.25, 0.3) is 6.71 Å². The van der Waals surface area contributed by atoms with Gasteiger partial charge in [-0.2, -0.15) is 5.26 Å². The number of rotatable bonds is 4. The summed E-state index contributed by atoms with van der Waals surface area (Å²) in [7, 11) is 0. The monoisotopic (exact) mass is 936 g/mol. The number of anilines is 6. The zero-order valence-corrected chi connectivity index (χ0v) is 40.7. The van der Waals surface area contributed by atoms with Gasteiger partial charge in [-0.1, -0.05) is 136 Å². The Balaban J connectivity index is 1.12. The summed E-state index contributed by atoms with van der Waals surface area (Å²) < 4.78 is 16.9. The Labute approximate surface area is 422 Å². The van der Waals surface area contributed by atoms with Gasteiger partial charge < -0.3 is 23.2 Å². The average Bonchev–Trinajstić information content (AvgIpc) is 4.10. The number of nitriles is 1. The summed E-state index contributed by atoms with van der Waals surface area (Å²) >= 11 is 0. The first-order valence-corrected chi connectivity index (χ1v) is 25.1. The fraction of sp³-hybridized carbons (Fsp3) is 0.0758.